The highest BCUT2D eigenvalue weighted by atomic mass is 32.2. The maximum absolute atomic E-state index is 12.1. The van der Waals surface area contributed by atoms with Crippen LogP contribution in [0, 0.1) is 6.92 Å². The number of thioether (sulfide) groups is 1. The minimum atomic E-state index is -3.31. The summed E-state index contributed by atoms with van der Waals surface area (Å²) in [6.07, 6.45) is 0. The van der Waals surface area contributed by atoms with Crippen molar-refractivity contribution in [1.29, 1.82) is 0 Å². The monoisotopic (exact) mass is 421 g/mol. The number of fused-ring (bicyclic) bond motifs is 1. The highest BCUT2D eigenvalue weighted by Crippen LogP contribution is 2.31. The van der Waals surface area contributed by atoms with E-state index in [9.17, 15) is 13.2 Å². The van der Waals surface area contributed by atoms with Crippen molar-refractivity contribution < 1.29 is 13.2 Å². The third kappa shape index (κ3) is 5.44. The number of hydrogen-bond acceptors (Lipinski definition) is 6. The van der Waals surface area contributed by atoms with Gasteiger partial charge in [0.1, 0.15) is 0 Å². The van der Waals surface area contributed by atoms with Gasteiger partial charge in [0.2, 0.25) is 15.9 Å². The predicted octanol–water partition coefficient (Wildman–Crippen LogP) is 4.10. The van der Waals surface area contributed by atoms with Crippen molar-refractivity contribution in [2.24, 2.45) is 0 Å². The minimum Gasteiger partial charge on any atom is -0.325 e. The Morgan fingerprint density at radius 2 is 2.00 bits per heavy atom. The van der Waals surface area contributed by atoms with Gasteiger partial charge in [-0.2, -0.15) is 0 Å². The van der Waals surface area contributed by atoms with Crippen LogP contribution in [-0.2, 0) is 14.8 Å². The van der Waals surface area contributed by atoms with E-state index in [-0.39, 0.29) is 17.4 Å². The van der Waals surface area contributed by atoms with Gasteiger partial charge in [0, 0.05) is 5.69 Å². The van der Waals surface area contributed by atoms with Crippen molar-refractivity contribution in [2.75, 3.05) is 21.5 Å². The van der Waals surface area contributed by atoms with E-state index in [1.54, 1.807) is 25.1 Å². The molecule has 0 atom stereocenters. The number of sulfonamides is 1. The van der Waals surface area contributed by atoms with Gasteiger partial charge in [0.25, 0.3) is 0 Å². The Balaban J connectivity index is 1.64. The number of carbonyl (C=O) groups excluding carboxylic acids is 1. The third-order valence-electron chi connectivity index (χ3n) is 3.65. The fraction of sp³-hybridized carbons (Fsp3) is 0.222. The van der Waals surface area contributed by atoms with E-state index < -0.39 is 10.0 Å². The first-order valence-electron chi connectivity index (χ1n) is 8.25. The van der Waals surface area contributed by atoms with E-state index in [2.05, 4.69) is 15.0 Å². The number of nitrogens with zero attached hydrogens (tertiary/aromatic N) is 1. The summed E-state index contributed by atoms with van der Waals surface area (Å²) in [5.41, 5.74) is 3.15. The number of aromatic nitrogens is 1. The first kappa shape index (κ1) is 19.7. The van der Waals surface area contributed by atoms with Crippen molar-refractivity contribution in [3.8, 4) is 0 Å². The summed E-state index contributed by atoms with van der Waals surface area (Å²) in [6, 6.07) is 12.9. The zero-order chi connectivity index (χ0) is 19.4. The van der Waals surface area contributed by atoms with Gasteiger partial charge in [0.15, 0.2) is 4.34 Å². The lowest BCUT2D eigenvalue weighted by Gasteiger charge is -2.04. The highest BCUT2D eigenvalue weighted by Gasteiger charge is 2.11. The first-order chi connectivity index (χ1) is 12.8. The van der Waals surface area contributed by atoms with Crippen LogP contribution in [0.5, 0.6) is 0 Å². The molecule has 9 heteroatoms. The number of carbonyl (C=O) groups is 1. The second kappa shape index (κ2) is 8.28. The number of benzene rings is 2. The standard InChI is InChI=1S/C18H19N3O3S3/c1-3-27(23,24)21-14-7-8-15-16(10-14)26-18(20-15)25-11-17(22)19-13-6-4-5-12(2)9-13/h4-10,21H,3,11H2,1-2H3,(H,19,22). The second-order valence-corrected chi connectivity index (χ2v) is 10.1. The highest BCUT2D eigenvalue weighted by molar-refractivity contribution is 8.01. The molecule has 2 N–H and O–H groups in total. The number of aryl methyl sites for hydroxylation is 1. The zero-order valence-corrected chi connectivity index (χ0v) is 17.3. The molecular weight excluding hydrogens is 402 g/mol. The van der Waals surface area contributed by atoms with Crippen molar-refractivity contribution in [2.45, 2.75) is 18.2 Å². The van der Waals surface area contributed by atoms with Crippen LogP contribution in [0.2, 0.25) is 0 Å². The predicted molar refractivity (Wildman–Crippen MR) is 113 cm³/mol. The van der Waals surface area contributed by atoms with E-state index in [1.165, 1.54) is 23.1 Å². The topological polar surface area (TPSA) is 88.2 Å². The van der Waals surface area contributed by atoms with Gasteiger partial charge in [0.05, 0.1) is 27.4 Å². The Bertz CT molecular complexity index is 1080. The molecule has 6 nitrogen and oxygen atoms in total. The molecule has 1 aromatic heterocycles. The third-order valence-corrected chi connectivity index (χ3v) is 7.12. The smallest absolute Gasteiger partial charge is 0.234 e. The van der Waals surface area contributed by atoms with Crippen LogP contribution in [-0.4, -0.2) is 30.8 Å². The van der Waals surface area contributed by atoms with E-state index in [0.717, 1.165) is 25.8 Å². The molecule has 0 bridgehead atoms. The van der Waals surface area contributed by atoms with Crippen molar-refractivity contribution in [1.82, 2.24) is 4.98 Å². The number of nitrogens with one attached hydrogen (secondary N) is 2. The SMILES string of the molecule is CCS(=O)(=O)Nc1ccc2nc(SCC(=O)Nc3cccc(C)c3)sc2c1. The van der Waals surface area contributed by atoms with E-state index >= 15 is 0 Å². The van der Waals surface area contributed by atoms with Crippen LogP contribution < -0.4 is 10.0 Å². The van der Waals surface area contributed by atoms with Crippen LogP contribution in [0.3, 0.4) is 0 Å². The van der Waals surface area contributed by atoms with Crippen LogP contribution in [0.4, 0.5) is 11.4 Å². The van der Waals surface area contributed by atoms with E-state index in [1.807, 2.05) is 31.2 Å². The summed E-state index contributed by atoms with van der Waals surface area (Å²) >= 11 is 2.79. The summed E-state index contributed by atoms with van der Waals surface area (Å²) < 4.78 is 27.5. The summed E-state index contributed by atoms with van der Waals surface area (Å²) in [5.74, 6) is 0.176. The quantitative estimate of drug-likeness (QED) is 0.561. The number of thiazole rings is 1. The molecular formula is C18H19N3O3S3. The summed E-state index contributed by atoms with van der Waals surface area (Å²) in [4.78, 5) is 16.6. The molecule has 0 unspecified atom stereocenters. The minimum absolute atomic E-state index is 0.0187. The molecule has 0 radical (unpaired) electrons. The molecule has 0 saturated heterocycles. The van der Waals surface area contributed by atoms with Crippen LogP contribution in [0.15, 0.2) is 46.8 Å². The van der Waals surface area contributed by atoms with Crippen LogP contribution in [0.1, 0.15) is 12.5 Å². The lowest BCUT2D eigenvalue weighted by atomic mass is 10.2. The molecule has 1 heterocycles. The van der Waals surface area contributed by atoms with Gasteiger partial charge >= 0.3 is 0 Å². The van der Waals surface area contributed by atoms with Gasteiger partial charge in [-0.15, -0.1) is 11.3 Å². The van der Waals surface area contributed by atoms with Gasteiger partial charge in [-0.1, -0.05) is 23.9 Å². The molecule has 142 valence electrons. The average molecular weight is 422 g/mol. The molecule has 3 rings (SSSR count). The zero-order valence-electron chi connectivity index (χ0n) is 14.9. The molecule has 0 fully saturated rings. The molecule has 0 spiro atoms. The first-order valence-corrected chi connectivity index (χ1v) is 11.7. The maximum atomic E-state index is 12.1. The fourth-order valence-electron chi connectivity index (χ4n) is 2.33. The molecule has 1 amide bonds. The fourth-order valence-corrected chi connectivity index (χ4v) is 4.87. The van der Waals surface area contributed by atoms with E-state index in [0.29, 0.717) is 5.69 Å². The Morgan fingerprint density at radius 1 is 1.19 bits per heavy atom. The molecule has 0 saturated carbocycles. The largest absolute Gasteiger partial charge is 0.325 e. The van der Waals surface area contributed by atoms with Crippen molar-refractivity contribution in [3.63, 3.8) is 0 Å². The Labute approximate surface area is 166 Å². The number of rotatable bonds is 7. The van der Waals surface area contributed by atoms with Crippen molar-refractivity contribution in [3.05, 3.63) is 48.0 Å². The molecule has 0 aliphatic rings. The molecule has 27 heavy (non-hydrogen) atoms. The van der Waals surface area contributed by atoms with Gasteiger partial charge in [-0.05, 0) is 49.7 Å². The normalized spacial score (nSPS) is 11.5. The Kier molecular flexibility index (Phi) is 6.03. The number of anilines is 2. The van der Waals surface area contributed by atoms with Gasteiger partial charge < -0.3 is 5.32 Å². The Hall–Kier alpha value is -2.10. The number of hydrogen-bond donors (Lipinski definition) is 2. The number of amides is 1. The van der Waals surface area contributed by atoms with Gasteiger partial charge in [-0.3, -0.25) is 9.52 Å². The Morgan fingerprint density at radius 3 is 2.74 bits per heavy atom. The summed E-state index contributed by atoms with van der Waals surface area (Å²) in [6.45, 7) is 3.56. The molecule has 3 aromatic rings. The summed E-state index contributed by atoms with van der Waals surface area (Å²) in [5, 5.41) is 2.87. The van der Waals surface area contributed by atoms with Crippen molar-refractivity contribution >= 4 is 60.6 Å². The summed E-state index contributed by atoms with van der Waals surface area (Å²) in [7, 11) is -3.31. The maximum Gasteiger partial charge on any atom is 0.234 e. The molecule has 2 aromatic carbocycles. The van der Waals surface area contributed by atoms with Crippen LogP contribution >= 0.6 is 23.1 Å². The van der Waals surface area contributed by atoms with E-state index in [4.69, 9.17) is 0 Å². The average Bonchev–Trinajstić information content (AvgIpc) is 3.02. The molecule has 0 aliphatic heterocycles. The van der Waals surface area contributed by atoms with Gasteiger partial charge in [-0.25, -0.2) is 13.4 Å². The lowest BCUT2D eigenvalue weighted by molar-refractivity contribution is -0.113. The lowest BCUT2D eigenvalue weighted by Crippen LogP contribution is -2.14. The van der Waals surface area contributed by atoms with Crippen LogP contribution in [0.25, 0.3) is 10.2 Å². The second-order valence-electron chi connectivity index (χ2n) is 5.87. The molecule has 0 aliphatic carbocycles.